The van der Waals surface area contributed by atoms with Crippen LogP contribution in [0.2, 0.25) is 10.4 Å². The highest BCUT2D eigenvalue weighted by atomic mass is 35.5. The minimum atomic E-state index is 0.187. The third-order valence-electron chi connectivity index (χ3n) is 1.69. The van der Waals surface area contributed by atoms with Gasteiger partial charge in [0.15, 0.2) is 0 Å². The summed E-state index contributed by atoms with van der Waals surface area (Å²) in [5.74, 6) is 0. The topological polar surface area (TPSA) is 51.6 Å². The summed E-state index contributed by atoms with van der Waals surface area (Å²) >= 11 is 11.5. The number of hydrogen-bond acceptors (Lipinski definition) is 4. The molecular formula is C9H6Cl2N4. The van der Waals surface area contributed by atoms with Crippen molar-refractivity contribution >= 4 is 23.2 Å². The molecule has 0 unspecified atom stereocenters. The highest BCUT2D eigenvalue weighted by Gasteiger charge is 2.05. The Bertz CT molecular complexity index is 481. The van der Waals surface area contributed by atoms with Crippen LogP contribution in [0.15, 0.2) is 18.5 Å². The Morgan fingerprint density at radius 2 is 1.80 bits per heavy atom. The highest BCUT2D eigenvalue weighted by molar-refractivity contribution is 6.29. The SMILES string of the molecule is Cc1cc(-c2cncc(Cl)n2)nc(Cl)n1. The van der Waals surface area contributed by atoms with Crippen molar-refractivity contribution in [1.82, 2.24) is 19.9 Å². The van der Waals surface area contributed by atoms with E-state index in [2.05, 4.69) is 19.9 Å². The number of hydrogen-bond donors (Lipinski definition) is 0. The van der Waals surface area contributed by atoms with Crippen molar-refractivity contribution < 1.29 is 0 Å². The van der Waals surface area contributed by atoms with Crippen molar-refractivity contribution in [3.8, 4) is 11.4 Å². The lowest BCUT2D eigenvalue weighted by Crippen LogP contribution is -1.93. The van der Waals surface area contributed by atoms with E-state index in [4.69, 9.17) is 23.2 Å². The van der Waals surface area contributed by atoms with E-state index in [0.29, 0.717) is 16.5 Å². The van der Waals surface area contributed by atoms with Crippen LogP contribution in [0.25, 0.3) is 11.4 Å². The van der Waals surface area contributed by atoms with Crippen LogP contribution in [0.5, 0.6) is 0 Å². The molecular weight excluding hydrogens is 235 g/mol. The van der Waals surface area contributed by atoms with Crippen LogP contribution < -0.4 is 0 Å². The molecule has 15 heavy (non-hydrogen) atoms. The predicted molar refractivity (Wildman–Crippen MR) is 57.8 cm³/mol. The molecule has 0 N–H and O–H groups in total. The molecule has 0 saturated heterocycles. The summed E-state index contributed by atoms with van der Waals surface area (Å²) in [4.78, 5) is 16.0. The van der Waals surface area contributed by atoms with E-state index in [1.807, 2.05) is 6.92 Å². The van der Waals surface area contributed by atoms with Crippen molar-refractivity contribution in [2.24, 2.45) is 0 Å². The van der Waals surface area contributed by atoms with Gasteiger partial charge in [0.1, 0.15) is 10.8 Å². The zero-order valence-corrected chi connectivity index (χ0v) is 9.29. The zero-order valence-electron chi connectivity index (χ0n) is 7.78. The van der Waals surface area contributed by atoms with Gasteiger partial charge in [-0.1, -0.05) is 11.6 Å². The smallest absolute Gasteiger partial charge is 0.223 e. The Balaban J connectivity index is 2.54. The van der Waals surface area contributed by atoms with E-state index in [-0.39, 0.29) is 5.28 Å². The molecule has 2 aromatic heterocycles. The van der Waals surface area contributed by atoms with E-state index >= 15 is 0 Å². The van der Waals surface area contributed by atoms with E-state index in [9.17, 15) is 0 Å². The lowest BCUT2D eigenvalue weighted by atomic mass is 10.3. The van der Waals surface area contributed by atoms with Crippen molar-refractivity contribution in [3.05, 3.63) is 34.6 Å². The van der Waals surface area contributed by atoms with E-state index in [0.717, 1.165) is 5.69 Å². The van der Waals surface area contributed by atoms with Crippen LogP contribution in [-0.2, 0) is 0 Å². The Labute approximate surface area is 96.3 Å². The Hall–Kier alpha value is -1.26. The first kappa shape index (κ1) is 10.3. The molecule has 0 amide bonds. The van der Waals surface area contributed by atoms with E-state index in [1.54, 1.807) is 12.3 Å². The molecule has 0 aliphatic rings. The minimum absolute atomic E-state index is 0.187. The summed E-state index contributed by atoms with van der Waals surface area (Å²) in [5, 5.41) is 0.506. The maximum atomic E-state index is 5.74. The van der Waals surface area contributed by atoms with Crippen LogP contribution in [0, 0.1) is 6.92 Å². The summed E-state index contributed by atoms with van der Waals surface area (Å²) < 4.78 is 0. The number of halogens is 2. The molecule has 0 bridgehead atoms. The van der Waals surface area contributed by atoms with Crippen LogP contribution in [0.4, 0.5) is 0 Å². The number of aromatic nitrogens is 4. The second kappa shape index (κ2) is 4.08. The molecule has 76 valence electrons. The fourth-order valence-electron chi connectivity index (χ4n) is 1.13. The van der Waals surface area contributed by atoms with Gasteiger partial charge in [0.05, 0.1) is 18.1 Å². The molecule has 6 heteroatoms. The summed E-state index contributed by atoms with van der Waals surface area (Å²) in [7, 11) is 0. The molecule has 0 radical (unpaired) electrons. The van der Waals surface area contributed by atoms with Gasteiger partial charge in [0.2, 0.25) is 5.28 Å². The van der Waals surface area contributed by atoms with Crippen molar-refractivity contribution in [2.45, 2.75) is 6.92 Å². The Morgan fingerprint density at radius 3 is 2.47 bits per heavy atom. The van der Waals surface area contributed by atoms with Gasteiger partial charge in [-0.2, -0.15) is 0 Å². The van der Waals surface area contributed by atoms with Gasteiger partial charge in [-0.25, -0.2) is 15.0 Å². The molecule has 2 heterocycles. The third-order valence-corrected chi connectivity index (χ3v) is 2.05. The Kier molecular flexibility index (Phi) is 2.79. The first-order chi connectivity index (χ1) is 7.15. The van der Waals surface area contributed by atoms with Gasteiger partial charge in [0, 0.05) is 5.69 Å². The second-order valence-corrected chi connectivity index (χ2v) is 3.62. The van der Waals surface area contributed by atoms with Crippen LogP contribution >= 0.6 is 23.2 Å². The molecule has 2 aromatic rings. The largest absolute Gasteiger partial charge is 0.259 e. The highest BCUT2D eigenvalue weighted by Crippen LogP contribution is 2.17. The normalized spacial score (nSPS) is 10.3. The fraction of sp³-hybridized carbons (Fsp3) is 0.111. The first-order valence-electron chi connectivity index (χ1n) is 4.14. The molecule has 0 aliphatic carbocycles. The Morgan fingerprint density at radius 1 is 1.00 bits per heavy atom. The molecule has 0 fully saturated rings. The van der Waals surface area contributed by atoms with Crippen LogP contribution in [0.1, 0.15) is 5.69 Å². The third kappa shape index (κ3) is 2.40. The average Bonchev–Trinajstić information content (AvgIpc) is 2.16. The lowest BCUT2D eigenvalue weighted by Gasteiger charge is -2.01. The van der Waals surface area contributed by atoms with E-state index < -0.39 is 0 Å². The predicted octanol–water partition coefficient (Wildman–Crippen LogP) is 2.55. The quantitative estimate of drug-likeness (QED) is 0.720. The summed E-state index contributed by atoms with van der Waals surface area (Å²) in [6.45, 7) is 1.83. The van der Waals surface area contributed by atoms with Gasteiger partial charge >= 0.3 is 0 Å². The van der Waals surface area contributed by atoms with Crippen molar-refractivity contribution in [2.75, 3.05) is 0 Å². The number of aryl methyl sites for hydroxylation is 1. The number of nitrogens with zero attached hydrogens (tertiary/aromatic N) is 4. The molecule has 2 rings (SSSR count). The maximum Gasteiger partial charge on any atom is 0.223 e. The number of rotatable bonds is 1. The monoisotopic (exact) mass is 240 g/mol. The molecule has 4 nitrogen and oxygen atoms in total. The van der Waals surface area contributed by atoms with Gasteiger partial charge in [-0.3, -0.25) is 4.98 Å². The molecule has 0 aromatic carbocycles. The summed E-state index contributed by atoms with van der Waals surface area (Å²) in [6.07, 6.45) is 3.03. The summed E-state index contributed by atoms with van der Waals surface area (Å²) in [5.41, 5.74) is 1.96. The van der Waals surface area contributed by atoms with Crippen molar-refractivity contribution in [1.29, 1.82) is 0 Å². The van der Waals surface area contributed by atoms with E-state index in [1.165, 1.54) is 6.20 Å². The molecule has 0 aliphatic heterocycles. The lowest BCUT2D eigenvalue weighted by molar-refractivity contribution is 1.09. The van der Waals surface area contributed by atoms with Gasteiger partial charge in [-0.05, 0) is 24.6 Å². The molecule has 0 saturated carbocycles. The van der Waals surface area contributed by atoms with Crippen LogP contribution in [0.3, 0.4) is 0 Å². The zero-order chi connectivity index (χ0) is 10.8. The maximum absolute atomic E-state index is 5.74. The van der Waals surface area contributed by atoms with Gasteiger partial charge < -0.3 is 0 Å². The van der Waals surface area contributed by atoms with Crippen LogP contribution in [-0.4, -0.2) is 19.9 Å². The van der Waals surface area contributed by atoms with Gasteiger partial charge in [-0.15, -0.1) is 0 Å². The standard InChI is InChI=1S/C9H6Cl2N4/c1-5-2-6(15-9(11)13-5)7-3-12-4-8(10)14-7/h2-4H,1H3. The fourth-order valence-corrected chi connectivity index (χ4v) is 1.50. The van der Waals surface area contributed by atoms with Gasteiger partial charge in [0.25, 0.3) is 0 Å². The first-order valence-corrected chi connectivity index (χ1v) is 4.90. The average molecular weight is 241 g/mol. The molecule has 0 atom stereocenters. The summed E-state index contributed by atoms with van der Waals surface area (Å²) in [6, 6.07) is 1.77. The second-order valence-electron chi connectivity index (χ2n) is 2.89. The van der Waals surface area contributed by atoms with Crippen molar-refractivity contribution in [3.63, 3.8) is 0 Å². The minimum Gasteiger partial charge on any atom is -0.259 e. The molecule has 0 spiro atoms.